The zero-order valence-electron chi connectivity index (χ0n) is 8.68. The molecule has 0 aliphatic carbocycles. The molecule has 1 N–H and O–H groups in total. The summed E-state index contributed by atoms with van der Waals surface area (Å²) in [6, 6.07) is 2.73. The Hall–Kier alpha value is -1.16. The maximum absolute atomic E-state index is 13.4. The number of hydrogen-bond donors (Lipinski definition) is 1. The lowest BCUT2D eigenvalue weighted by molar-refractivity contribution is 0.182. The monoisotopic (exact) mass is 213 g/mol. The van der Waals surface area contributed by atoms with Crippen LogP contribution >= 0.6 is 0 Å². The SMILES string of the molecule is CNC1c2ccc(F)c(F)c2OCC1C. The summed E-state index contributed by atoms with van der Waals surface area (Å²) < 4.78 is 31.6. The molecule has 4 heteroatoms. The number of benzene rings is 1. The van der Waals surface area contributed by atoms with Crippen molar-refractivity contribution < 1.29 is 13.5 Å². The van der Waals surface area contributed by atoms with E-state index in [1.165, 1.54) is 0 Å². The van der Waals surface area contributed by atoms with Gasteiger partial charge in [-0.2, -0.15) is 4.39 Å². The summed E-state index contributed by atoms with van der Waals surface area (Å²) >= 11 is 0. The van der Waals surface area contributed by atoms with E-state index < -0.39 is 11.6 Å². The predicted molar refractivity (Wildman–Crippen MR) is 52.8 cm³/mol. The van der Waals surface area contributed by atoms with Gasteiger partial charge in [-0.15, -0.1) is 0 Å². The molecule has 1 aromatic carbocycles. The van der Waals surface area contributed by atoms with Crippen LogP contribution in [-0.2, 0) is 0 Å². The van der Waals surface area contributed by atoms with Gasteiger partial charge in [0.25, 0.3) is 0 Å². The van der Waals surface area contributed by atoms with Gasteiger partial charge in [0, 0.05) is 17.5 Å². The van der Waals surface area contributed by atoms with Crippen molar-refractivity contribution in [3.05, 3.63) is 29.3 Å². The lowest BCUT2D eigenvalue weighted by Crippen LogP contribution is -2.32. The van der Waals surface area contributed by atoms with Crippen LogP contribution in [0.4, 0.5) is 8.78 Å². The fraction of sp³-hybridized carbons (Fsp3) is 0.455. The second-order valence-electron chi connectivity index (χ2n) is 3.83. The third kappa shape index (κ3) is 1.59. The highest BCUT2D eigenvalue weighted by molar-refractivity contribution is 5.40. The van der Waals surface area contributed by atoms with Crippen molar-refractivity contribution in [1.29, 1.82) is 0 Å². The lowest BCUT2D eigenvalue weighted by Gasteiger charge is -2.31. The normalized spacial score (nSPS) is 24.5. The lowest BCUT2D eigenvalue weighted by atomic mass is 9.92. The zero-order chi connectivity index (χ0) is 11.0. The molecule has 2 rings (SSSR count). The number of rotatable bonds is 1. The molecule has 0 bridgehead atoms. The third-order valence-electron chi connectivity index (χ3n) is 2.79. The first-order valence-corrected chi connectivity index (χ1v) is 4.93. The highest BCUT2D eigenvalue weighted by atomic mass is 19.2. The van der Waals surface area contributed by atoms with Gasteiger partial charge in [-0.25, -0.2) is 4.39 Å². The zero-order valence-corrected chi connectivity index (χ0v) is 8.68. The summed E-state index contributed by atoms with van der Waals surface area (Å²) in [7, 11) is 1.80. The molecule has 0 spiro atoms. The molecule has 1 heterocycles. The summed E-state index contributed by atoms with van der Waals surface area (Å²) in [6.45, 7) is 2.41. The summed E-state index contributed by atoms with van der Waals surface area (Å²) in [6.07, 6.45) is 0. The van der Waals surface area contributed by atoms with Crippen molar-refractivity contribution in [3.63, 3.8) is 0 Å². The largest absolute Gasteiger partial charge is 0.490 e. The first-order chi connectivity index (χ1) is 7.15. The topological polar surface area (TPSA) is 21.3 Å². The van der Waals surface area contributed by atoms with Gasteiger partial charge in [0.15, 0.2) is 11.6 Å². The molecule has 0 saturated heterocycles. The summed E-state index contributed by atoms with van der Waals surface area (Å²) in [5.41, 5.74) is 0.690. The van der Waals surface area contributed by atoms with Gasteiger partial charge in [0.1, 0.15) is 0 Å². The number of fused-ring (bicyclic) bond motifs is 1. The van der Waals surface area contributed by atoms with Crippen LogP contribution in [0.25, 0.3) is 0 Å². The highest BCUT2D eigenvalue weighted by Crippen LogP contribution is 2.37. The average molecular weight is 213 g/mol. The summed E-state index contributed by atoms with van der Waals surface area (Å²) in [5.74, 6) is -1.46. The van der Waals surface area contributed by atoms with Crippen molar-refractivity contribution >= 4 is 0 Å². The van der Waals surface area contributed by atoms with E-state index in [0.717, 1.165) is 6.07 Å². The molecule has 2 atom stereocenters. The number of ether oxygens (including phenoxy) is 1. The molecular formula is C11H13F2NO. The highest BCUT2D eigenvalue weighted by Gasteiger charge is 2.29. The van der Waals surface area contributed by atoms with Gasteiger partial charge in [0.2, 0.25) is 5.82 Å². The van der Waals surface area contributed by atoms with Crippen LogP contribution in [0.15, 0.2) is 12.1 Å². The Morgan fingerprint density at radius 3 is 2.80 bits per heavy atom. The molecule has 0 radical (unpaired) electrons. The van der Waals surface area contributed by atoms with E-state index in [0.29, 0.717) is 12.2 Å². The Bertz CT molecular complexity index is 381. The van der Waals surface area contributed by atoms with Crippen LogP contribution in [0.1, 0.15) is 18.5 Å². The van der Waals surface area contributed by atoms with Gasteiger partial charge in [-0.05, 0) is 13.1 Å². The van der Waals surface area contributed by atoms with Gasteiger partial charge < -0.3 is 10.1 Å². The number of hydrogen-bond acceptors (Lipinski definition) is 2. The minimum Gasteiger partial charge on any atom is -0.490 e. The van der Waals surface area contributed by atoms with Crippen LogP contribution in [0.5, 0.6) is 5.75 Å². The van der Waals surface area contributed by atoms with E-state index in [4.69, 9.17) is 4.74 Å². The quantitative estimate of drug-likeness (QED) is 0.772. The molecule has 0 fully saturated rings. The third-order valence-corrected chi connectivity index (χ3v) is 2.79. The summed E-state index contributed by atoms with van der Waals surface area (Å²) in [5, 5.41) is 3.09. The first kappa shape index (κ1) is 10.4. The van der Waals surface area contributed by atoms with Crippen LogP contribution in [-0.4, -0.2) is 13.7 Å². The van der Waals surface area contributed by atoms with Crippen LogP contribution in [0, 0.1) is 17.6 Å². The maximum atomic E-state index is 13.4. The Morgan fingerprint density at radius 2 is 2.13 bits per heavy atom. The maximum Gasteiger partial charge on any atom is 0.200 e. The number of halogens is 2. The van der Waals surface area contributed by atoms with Gasteiger partial charge in [-0.1, -0.05) is 13.0 Å². The Balaban J connectivity index is 2.51. The minimum absolute atomic E-state index is 0.0175. The van der Waals surface area contributed by atoms with Gasteiger partial charge in [-0.3, -0.25) is 0 Å². The van der Waals surface area contributed by atoms with Crippen LogP contribution < -0.4 is 10.1 Å². The molecule has 2 unspecified atom stereocenters. The van der Waals surface area contributed by atoms with Crippen molar-refractivity contribution in [2.24, 2.45) is 5.92 Å². The van der Waals surface area contributed by atoms with Crippen molar-refractivity contribution in [1.82, 2.24) is 5.32 Å². The van der Waals surface area contributed by atoms with E-state index in [-0.39, 0.29) is 17.7 Å². The average Bonchev–Trinajstić information content (AvgIpc) is 2.23. The first-order valence-electron chi connectivity index (χ1n) is 4.93. The van der Waals surface area contributed by atoms with Crippen LogP contribution in [0.2, 0.25) is 0 Å². The van der Waals surface area contributed by atoms with Crippen molar-refractivity contribution in [2.45, 2.75) is 13.0 Å². The Morgan fingerprint density at radius 1 is 1.40 bits per heavy atom. The van der Waals surface area contributed by atoms with E-state index in [2.05, 4.69) is 5.32 Å². The summed E-state index contributed by atoms with van der Waals surface area (Å²) in [4.78, 5) is 0. The second-order valence-corrected chi connectivity index (χ2v) is 3.83. The van der Waals surface area contributed by atoms with Crippen LogP contribution in [0.3, 0.4) is 0 Å². The Labute approximate surface area is 87.2 Å². The Kier molecular flexibility index (Phi) is 2.61. The minimum atomic E-state index is -0.889. The molecule has 0 saturated carbocycles. The smallest absolute Gasteiger partial charge is 0.200 e. The fourth-order valence-corrected chi connectivity index (χ4v) is 2.00. The van der Waals surface area contributed by atoms with Crippen molar-refractivity contribution in [2.75, 3.05) is 13.7 Å². The molecular weight excluding hydrogens is 200 g/mol. The standard InChI is InChI=1S/C11H13F2NO/c1-6-5-15-11-7(10(6)14-2)3-4-8(12)9(11)13/h3-4,6,10,14H,5H2,1-2H3. The van der Waals surface area contributed by atoms with Gasteiger partial charge in [0.05, 0.1) is 6.61 Å². The van der Waals surface area contributed by atoms with E-state index in [1.54, 1.807) is 13.1 Å². The predicted octanol–water partition coefficient (Wildman–Crippen LogP) is 2.25. The molecule has 15 heavy (non-hydrogen) atoms. The van der Waals surface area contributed by atoms with E-state index >= 15 is 0 Å². The molecule has 1 aliphatic rings. The molecule has 1 aliphatic heterocycles. The van der Waals surface area contributed by atoms with E-state index in [9.17, 15) is 8.78 Å². The molecule has 82 valence electrons. The molecule has 0 aromatic heterocycles. The molecule has 1 aromatic rings. The van der Waals surface area contributed by atoms with Gasteiger partial charge >= 0.3 is 0 Å². The second kappa shape index (κ2) is 3.77. The molecule has 0 amide bonds. The fourth-order valence-electron chi connectivity index (χ4n) is 2.00. The number of nitrogens with one attached hydrogen (secondary N) is 1. The molecule has 2 nitrogen and oxygen atoms in total. The van der Waals surface area contributed by atoms with E-state index in [1.807, 2.05) is 6.92 Å². The van der Waals surface area contributed by atoms with Crippen molar-refractivity contribution in [3.8, 4) is 5.75 Å².